The Balaban J connectivity index is 1.33. The van der Waals surface area contributed by atoms with Gasteiger partial charge in [0.25, 0.3) is 5.56 Å². The topological polar surface area (TPSA) is 102 Å². The number of hydrogen-bond donors (Lipinski definition) is 0. The molecule has 1 atom stereocenters. The minimum atomic E-state index is -4.20. The number of benzene rings is 1. The summed E-state index contributed by atoms with van der Waals surface area (Å²) in [5, 5.41) is 0. The van der Waals surface area contributed by atoms with E-state index in [2.05, 4.69) is 4.98 Å². The van der Waals surface area contributed by atoms with Crippen LogP contribution in [-0.4, -0.2) is 55.5 Å². The average molecular weight is 688 g/mol. The van der Waals surface area contributed by atoms with Crippen LogP contribution >= 0.6 is 0 Å². The van der Waals surface area contributed by atoms with E-state index in [1.165, 1.54) is 21.3 Å². The molecule has 3 aromatic heterocycles. The fraction of sp³-hybridized carbons (Fsp3) is 0.543. The highest BCUT2D eigenvalue weighted by atomic mass is 19.4. The number of aromatic nitrogens is 5. The highest BCUT2D eigenvalue weighted by Gasteiger charge is 2.42. The number of imidazole rings is 1. The van der Waals surface area contributed by atoms with Gasteiger partial charge in [0, 0.05) is 37.9 Å². The van der Waals surface area contributed by atoms with Gasteiger partial charge in [-0.25, -0.2) is 19.2 Å². The zero-order valence-electron chi connectivity index (χ0n) is 27.7. The van der Waals surface area contributed by atoms with E-state index in [0.29, 0.717) is 42.3 Å². The number of ether oxygens (including phenoxy) is 3. The van der Waals surface area contributed by atoms with E-state index < -0.39 is 29.2 Å². The van der Waals surface area contributed by atoms with E-state index >= 15 is 0 Å². The Bertz CT molecular complexity index is 1870. The highest BCUT2D eigenvalue weighted by molar-refractivity contribution is 5.78. The van der Waals surface area contributed by atoms with Gasteiger partial charge in [0.1, 0.15) is 17.7 Å². The molecule has 1 saturated carbocycles. The maximum atomic E-state index is 14.1. The summed E-state index contributed by atoms with van der Waals surface area (Å²) in [7, 11) is 0. The monoisotopic (exact) mass is 687 g/mol. The van der Waals surface area contributed by atoms with Crippen LogP contribution < -0.4 is 16.0 Å². The second-order valence-electron chi connectivity index (χ2n) is 12.7. The Morgan fingerprint density at radius 3 is 2.35 bits per heavy atom. The summed E-state index contributed by atoms with van der Waals surface area (Å²) in [4.78, 5) is 37.2. The van der Waals surface area contributed by atoms with Crippen LogP contribution in [0.15, 0.2) is 46.0 Å². The molecule has 0 bridgehead atoms. The van der Waals surface area contributed by atoms with Gasteiger partial charge in [0.05, 0.1) is 18.2 Å². The first-order chi connectivity index (χ1) is 23.5. The number of pyridine rings is 1. The number of aryl methyl sites for hydroxylation is 2. The molecule has 14 heteroatoms. The lowest BCUT2D eigenvalue weighted by molar-refractivity contribution is -0.185. The van der Waals surface area contributed by atoms with E-state index in [1.807, 2.05) is 0 Å². The fourth-order valence-electron chi connectivity index (χ4n) is 6.70. The van der Waals surface area contributed by atoms with E-state index in [0.717, 1.165) is 19.3 Å². The van der Waals surface area contributed by atoms with Crippen molar-refractivity contribution in [2.24, 2.45) is 5.92 Å². The largest absolute Gasteiger partial charge is 0.474 e. The first kappa shape index (κ1) is 34.8. The van der Waals surface area contributed by atoms with Gasteiger partial charge < -0.3 is 18.8 Å². The zero-order chi connectivity index (χ0) is 34.7. The van der Waals surface area contributed by atoms with Crippen molar-refractivity contribution in [2.45, 2.75) is 103 Å². The van der Waals surface area contributed by atoms with E-state index in [9.17, 15) is 27.2 Å². The number of alkyl halides is 3. The molecule has 0 radical (unpaired) electrons. The predicted octanol–water partition coefficient (Wildman–Crippen LogP) is 6.37. The normalized spacial score (nSPS) is 20.2. The van der Waals surface area contributed by atoms with Gasteiger partial charge in [0.2, 0.25) is 5.88 Å². The van der Waals surface area contributed by atoms with Crippen molar-refractivity contribution in [2.75, 3.05) is 13.2 Å². The number of fused-ring (bicyclic) bond motifs is 1. The third-order valence-corrected chi connectivity index (χ3v) is 9.38. The lowest BCUT2D eigenvalue weighted by atomic mass is 9.87. The average Bonchev–Trinajstić information content (AvgIpc) is 3.44. The van der Waals surface area contributed by atoms with Crippen molar-refractivity contribution in [1.29, 1.82) is 0 Å². The molecule has 1 aromatic carbocycles. The van der Waals surface area contributed by atoms with Crippen molar-refractivity contribution in [3.8, 4) is 17.3 Å². The van der Waals surface area contributed by atoms with Gasteiger partial charge >= 0.3 is 11.9 Å². The number of hydrogen-bond acceptors (Lipinski definition) is 7. The van der Waals surface area contributed by atoms with Crippen molar-refractivity contribution in [3.05, 3.63) is 74.3 Å². The van der Waals surface area contributed by atoms with Crippen LogP contribution in [-0.2, 0) is 29.1 Å². The van der Waals surface area contributed by atoms with Crippen LogP contribution in [0.2, 0.25) is 0 Å². The lowest BCUT2D eigenvalue weighted by Gasteiger charge is -2.29. The number of rotatable bonds is 11. The molecule has 0 spiro atoms. The van der Waals surface area contributed by atoms with Crippen LogP contribution in [0.1, 0.15) is 69.5 Å². The second-order valence-corrected chi connectivity index (χ2v) is 12.7. The molecule has 264 valence electrons. The molecule has 0 N–H and O–H groups in total. The molecule has 4 aromatic rings. The van der Waals surface area contributed by atoms with E-state index in [-0.39, 0.29) is 74.8 Å². The molecule has 49 heavy (non-hydrogen) atoms. The molecule has 1 unspecified atom stereocenters. The van der Waals surface area contributed by atoms with Gasteiger partial charge in [-0.05, 0) is 89.0 Å². The summed E-state index contributed by atoms with van der Waals surface area (Å²) < 4.78 is 75.1. The minimum Gasteiger partial charge on any atom is -0.474 e. The van der Waals surface area contributed by atoms with Crippen molar-refractivity contribution in [3.63, 3.8) is 0 Å². The quantitative estimate of drug-likeness (QED) is 0.133. The van der Waals surface area contributed by atoms with Gasteiger partial charge in [0.15, 0.2) is 17.5 Å². The summed E-state index contributed by atoms with van der Waals surface area (Å²) in [6.45, 7) is 5.09. The molecule has 0 amide bonds. The molecule has 2 fully saturated rings. The van der Waals surface area contributed by atoms with Crippen LogP contribution in [0.25, 0.3) is 22.6 Å². The van der Waals surface area contributed by atoms with Gasteiger partial charge in [-0.1, -0.05) is 12.1 Å². The maximum absolute atomic E-state index is 14.1. The third-order valence-electron chi connectivity index (χ3n) is 9.38. The van der Waals surface area contributed by atoms with Crippen LogP contribution in [0.3, 0.4) is 0 Å². The zero-order valence-corrected chi connectivity index (χ0v) is 27.7. The van der Waals surface area contributed by atoms with Crippen LogP contribution in [0, 0.1) is 18.7 Å². The summed E-state index contributed by atoms with van der Waals surface area (Å²) >= 11 is 0. The summed E-state index contributed by atoms with van der Waals surface area (Å²) in [5.74, 6) is -1.04. The van der Waals surface area contributed by atoms with E-state index in [4.69, 9.17) is 19.2 Å². The predicted molar refractivity (Wildman–Crippen MR) is 174 cm³/mol. The Morgan fingerprint density at radius 2 is 1.69 bits per heavy atom. The van der Waals surface area contributed by atoms with Gasteiger partial charge in [-0.15, -0.1) is 0 Å². The van der Waals surface area contributed by atoms with E-state index in [1.54, 1.807) is 42.7 Å². The first-order valence-electron chi connectivity index (χ1n) is 17.0. The maximum Gasteiger partial charge on any atom is 0.391 e. The Kier molecular flexibility index (Phi) is 10.5. The second kappa shape index (κ2) is 14.8. The standard InChI is InChI=1S/C35H41F4N5O5/c1-3-42-32-30(33(45)43(34(42)46)18-6-20-48-29-7-4-5-19-47-29)44(21-23-8-12-25(36)13-9-23)31(41-32)27-16-17-28(40-22(27)2)49-26-14-10-24(11-15-26)35(37,38)39/h8-9,12-13,16-17,24,26,29H,3-7,10-11,14-15,18-21H2,1-2H3. The molecule has 10 nitrogen and oxygen atoms in total. The lowest BCUT2D eigenvalue weighted by Crippen LogP contribution is -2.40. The number of nitrogens with zero attached hydrogens (tertiary/aromatic N) is 5. The summed E-state index contributed by atoms with van der Waals surface area (Å²) in [5.41, 5.74) is 1.27. The Hall–Kier alpha value is -4.04. The molecule has 1 aliphatic carbocycles. The summed E-state index contributed by atoms with van der Waals surface area (Å²) in [6.07, 6.45) is -1.02. The first-order valence-corrected chi connectivity index (χ1v) is 17.0. The minimum absolute atomic E-state index is 0.0112. The molecule has 1 aliphatic heterocycles. The highest BCUT2D eigenvalue weighted by Crippen LogP contribution is 2.38. The molecular formula is C35H41F4N5O5. The van der Waals surface area contributed by atoms with Crippen molar-refractivity contribution in [1.82, 2.24) is 23.7 Å². The molecule has 1 saturated heterocycles. The molecular weight excluding hydrogens is 646 g/mol. The Labute approximate surface area is 280 Å². The van der Waals surface area contributed by atoms with Crippen molar-refractivity contribution < 1.29 is 31.8 Å². The number of halogens is 4. The third kappa shape index (κ3) is 7.75. The summed E-state index contributed by atoms with van der Waals surface area (Å²) in [6, 6.07) is 9.32. The smallest absolute Gasteiger partial charge is 0.391 e. The molecule has 2 aliphatic rings. The van der Waals surface area contributed by atoms with Crippen LogP contribution in [0.4, 0.5) is 17.6 Å². The fourth-order valence-corrected chi connectivity index (χ4v) is 6.70. The SMILES string of the molecule is CCn1c(=O)n(CCCOC2CCCCO2)c(=O)c2c1nc(-c1ccc(OC3CCC(C(F)(F)F)CC3)nc1C)n2Cc1ccc(F)cc1. The Morgan fingerprint density at radius 1 is 0.939 bits per heavy atom. The van der Waals surface area contributed by atoms with Crippen LogP contribution in [0.5, 0.6) is 5.88 Å². The van der Waals surface area contributed by atoms with Gasteiger partial charge in [-0.2, -0.15) is 13.2 Å². The van der Waals surface area contributed by atoms with Crippen molar-refractivity contribution >= 4 is 11.2 Å². The molecule has 6 rings (SSSR count). The van der Waals surface area contributed by atoms with Gasteiger partial charge in [-0.3, -0.25) is 13.9 Å². The molecule has 4 heterocycles.